The first kappa shape index (κ1) is 19.1. The van der Waals surface area contributed by atoms with Crippen molar-refractivity contribution in [3.63, 3.8) is 0 Å². The van der Waals surface area contributed by atoms with E-state index in [1.807, 2.05) is 0 Å². The number of benzene rings is 1. The highest BCUT2D eigenvalue weighted by atomic mass is 16.6. The molecule has 0 spiro atoms. The average molecular weight is 366 g/mol. The number of methoxy groups -OCH3 is 2. The maximum atomic E-state index is 11.8. The Kier molecular flexibility index (Phi) is 6.07. The molecule has 0 amide bonds. The molecule has 2 rings (SSSR count). The van der Waals surface area contributed by atoms with E-state index in [4.69, 9.17) is 19.3 Å². The maximum Gasteiger partial charge on any atom is 0.377 e. The van der Waals surface area contributed by atoms with Crippen molar-refractivity contribution in [3.05, 3.63) is 41.4 Å². The topological polar surface area (TPSA) is 132 Å². The zero-order valence-corrected chi connectivity index (χ0v) is 14.0. The second-order valence-electron chi connectivity index (χ2n) is 5.20. The molecule has 9 heteroatoms. The predicted octanol–water partition coefficient (Wildman–Crippen LogP) is 0.874. The third-order valence-corrected chi connectivity index (χ3v) is 3.52. The van der Waals surface area contributed by atoms with Gasteiger partial charge in [-0.25, -0.2) is 9.59 Å². The summed E-state index contributed by atoms with van der Waals surface area (Å²) in [6.45, 7) is -0.557. The van der Waals surface area contributed by atoms with E-state index in [9.17, 15) is 19.8 Å². The van der Waals surface area contributed by atoms with Gasteiger partial charge in [-0.1, -0.05) is 0 Å². The molecule has 1 aliphatic heterocycles. The molecule has 0 radical (unpaired) electrons. The van der Waals surface area contributed by atoms with E-state index in [1.165, 1.54) is 20.3 Å². The highest BCUT2D eigenvalue weighted by molar-refractivity contribution is 5.89. The lowest BCUT2D eigenvalue weighted by molar-refractivity contribution is -0.151. The Balaban J connectivity index is 1.93. The summed E-state index contributed by atoms with van der Waals surface area (Å²) in [5.41, 5.74) is 0.598. The Morgan fingerprint density at radius 2 is 2.04 bits per heavy atom. The molecule has 0 saturated heterocycles. The van der Waals surface area contributed by atoms with Gasteiger partial charge in [0.2, 0.25) is 5.76 Å². The van der Waals surface area contributed by atoms with Gasteiger partial charge in [-0.15, -0.1) is 0 Å². The van der Waals surface area contributed by atoms with Crippen LogP contribution in [0.4, 0.5) is 0 Å². The van der Waals surface area contributed by atoms with E-state index in [0.29, 0.717) is 17.1 Å². The fraction of sp³-hybridized carbons (Fsp3) is 0.294. The second kappa shape index (κ2) is 8.26. The predicted molar refractivity (Wildman–Crippen MR) is 87.7 cm³/mol. The number of hydrogen-bond donors (Lipinski definition) is 3. The van der Waals surface area contributed by atoms with Crippen LogP contribution in [-0.2, 0) is 19.1 Å². The lowest BCUT2D eigenvalue weighted by Gasteiger charge is -2.16. The minimum atomic E-state index is -1.53. The first-order chi connectivity index (χ1) is 12.4. The third-order valence-electron chi connectivity index (χ3n) is 3.52. The number of cyclic esters (lactones) is 1. The fourth-order valence-corrected chi connectivity index (χ4v) is 2.14. The van der Waals surface area contributed by atoms with Crippen LogP contribution in [0.2, 0.25) is 0 Å². The van der Waals surface area contributed by atoms with Crippen LogP contribution in [0.3, 0.4) is 0 Å². The molecular formula is C17H18O9. The summed E-state index contributed by atoms with van der Waals surface area (Å²) < 4.78 is 19.7. The van der Waals surface area contributed by atoms with Crippen LogP contribution in [0.1, 0.15) is 5.56 Å². The molecule has 1 aliphatic rings. The van der Waals surface area contributed by atoms with Crippen molar-refractivity contribution in [2.75, 3.05) is 20.8 Å². The van der Waals surface area contributed by atoms with Gasteiger partial charge in [-0.05, 0) is 18.2 Å². The van der Waals surface area contributed by atoms with Gasteiger partial charge in [0.05, 0.1) is 14.2 Å². The van der Waals surface area contributed by atoms with Crippen molar-refractivity contribution >= 4 is 18.0 Å². The number of ether oxygens (including phenoxy) is 4. The van der Waals surface area contributed by atoms with Gasteiger partial charge in [0.15, 0.2) is 11.9 Å². The van der Waals surface area contributed by atoms with E-state index in [1.54, 1.807) is 18.2 Å². The smallest absolute Gasteiger partial charge is 0.377 e. The van der Waals surface area contributed by atoms with Crippen LogP contribution in [0, 0.1) is 0 Å². The molecule has 1 heterocycles. The minimum Gasteiger partial charge on any atom is -0.505 e. The summed E-state index contributed by atoms with van der Waals surface area (Å²) in [6, 6.07) is 5.01. The van der Waals surface area contributed by atoms with E-state index in [-0.39, 0.29) is 0 Å². The normalized spacial score (nSPS) is 18.0. The number of rotatable bonds is 7. The fourth-order valence-electron chi connectivity index (χ4n) is 2.14. The van der Waals surface area contributed by atoms with Gasteiger partial charge in [-0.2, -0.15) is 0 Å². The Labute approximate surface area is 148 Å². The van der Waals surface area contributed by atoms with Gasteiger partial charge in [0.1, 0.15) is 24.2 Å². The monoisotopic (exact) mass is 366 g/mol. The molecule has 0 saturated carbocycles. The van der Waals surface area contributed by atoms with E-state index in [2.05, 4.69) is 4.74 Å². The number of carbonyl (C=O) groups excluding carboxylic acids is 2. The van der Waals surface area contributed by atoms with Crippen molar-refractivity contribution in [3.8, 4) is 11.5 Å². The highest BCUT2D eigenvalue weighted by Gasteiger charge is 2.39. The molecule has 0 fully saturated rings. The lowest BCUT2D eigenvalue weighted by Crippen LogP contribution is -2.33. The van der Waals surface area contributed by atoms with E-state index >= 15 is 0 Å². The van der Waals surface area contributed by atoms with Gasteiger partial charge in [-0.3, -0.25) is 0 Å². The molecule has 1 aromatic carbocycles. The van der Waals surface area contributed by atoms with Crippen LogP contribution in [0.25, 0.3) is 6.08 Å². The zero-order valence-electron chi connectivity index (χ0n) is 14.0. The molecule has 3 N–H and O–H groups in total. The van der Waals surface area contributed by atoms with Gasteiger partial charge in [0.25, 0.3) is 0 Å². The Morgan fingerprint density at radius 3 is 2.62 bits per heavy atom. The quantitative estimate of drug-likeness (QED) is 0.475. The van der Waals surface area contributed by atoms with Gasteiger partial charge in [0, 0.05) is 17.7 Å². The Hall–Kier alpha value is -3.20. The molecule has 140 valence electrons. The number of carbonyl (C=O) groups is 2. The second-order valence-corrected chi connectivity index (χ2v) is 5.20. The summed E-state index contributed by atoms with van der Waals surface area (Å²) in [5.74, 6) is -2.66. The van der Waals surface area contributed by atoms with Crippen molar-refractivity contribution in [2.24, 2.45) is 0 Å². The van der Waals surface area contributed by atoms with Crippen LogP contribution in [-0.4, -0.2) is 60.3 Å². The molecule has 2 atom stereocenters. The average Bonchev–Trinajstić information content (AvgIpc) is 2.91. The molecule has 9 nitrogen and oxygen atoms in total. The van der Waals surface area contributed by atoms with Crippen molar-refractivity contribution in [2.45, 2.75) is 12.2 Å². The first-order valence-corrected chi connectivity index (χ1v) is 7.45. The van der Waals surface area contributed by atoms with Crippen molar-refractivity contribution in [1.29, 1.82) is 0 Å². The highest BCUT2D eigenvalue weighted by Crippen LogP contribution is 2.25. The Bertz CT molecular complexity index is 751. The van der Waals surface area contributed by atoms with E-state index < -0.39 is 42.3 Å². The molecule has 2 unspecified atom stereocenters. The van der Waals surface area contributed by atoms with Crippen molar-refractivity contribution < 1.29 is 43.9 Å². The number of hydrogen-bond acceptors (Lipinski definition) is 9. The van der Waals surface area contributed by atoms with E-state index in [0.717, 1.165) is 6.08 Å². The van der Waals surface area contributed by atoms with Gasteiger partial charge >= 0.3 is 11.9 Å². The standard InChI is InChI=1S/C17H18O9/c1-23-10-5-3-9(12(7-10)24-2)4-6-13(19)25-8-11(18)16-14(20)15(21)17(22)26-16/h3-7,11,16,18,20-21H,8H2,1-2H3. The zero-order chi connectivity index (χ0) is 19.3. The lowest BCUT2D eigenvalue weighted by atomic mass is 10.1. The van der Waals surface area contributed by atoms with Crippen LogP contribution in [0.5, 0.6) is 11.5 Å². The largest absolute Gasteiger partial charge is 0.505 e. The third kappa shape index (κ3) is 4.25. The van der Waals surface area contributed by atoms with Crippen molar-refractivity contribution in [1.82, 2.24) is 0 Å². The molecule has 0 aromatic heterocycles. The molecule has 0 aliphatic carbocycles. The SMILES string of the molecule is COc1ccc(C=CC(=O)OCC(O)C2OC(=O)C(O)=C2O)c(OC)c1. The number of esters is 2. The van der Waals surface area contributed by atoms with Crippen LogP contribution >= 0.6 is 0 Å². The first-order valence-electron chi connectivity index (χ1n) is 7.45. The molecule has 1 aromatic rings. The van der Waals surface area contributed by atoms with Crippen LogP contribution in [0.15, 0.2) is 35.8 Å². The summed E-state index contributed by atoms with van der Waals surface area (Å²) in [4.78, 5) is 22.8. The number of aliphatic hydroxyl groups excluding tert-OH is 3. The summed E-state index contributed by atoms with van der Waals surface area (Å²) in [6.07, 6.45) is -0.450. The minimum absolute atomic E-state index is 0.483. The summed E-state index contributed by atoms with van der Waals surface area (Å²) >= 11 is 0. The molecular weight excluding hydrogens is 348 g/mol. The summed E-state index contributed by atoms with van der Waals surface area (Å²) in [5, 5.41) is 28.4. The number of aliphatic hydroxyl groups is 3. The molecule has 26 heavy (non-hydrogen) atoms. The summed E-state index contributed by atoms with van der Waals surface area (Å²) in [7, 11) is 2.99. The Morgan fingerprint density at radius 1 is 1.31 bits per heavy atom. The maximum absolute atomic E-state index is 11.8. The molecule has 0 bridgehead atoms. The van der Waals surface area contributed by atoms with Crippen LogP contribution < -0.4 is 9.47 Å². The van der Waals surface area contributed by atoms with Gasteiger partial charge < -0.3 is 34.3 Å².